The van der Waals surface area contributed by atoms with E-state index in [0.29, 0.717) is 6.54 Å². The zero-order valence-corrected chi connectivity index (χ0v) is 15.9. The van der Waals surface area contributed by atoms with Gasteiger partial charge in [-0.3, -0.25) is 0 Å². The summed E-state index contributed by atoms with van der Waals surface area (Å²) in [6, 6.07) is 0. The van der Waals surface area contributed by atoms with E-state index in [0.717, 1.165) is 36.8 Å². The molecule has 1 fully saturated rings. The zero-order chi connectivity index (χ0) is 17.0. The predicted molar refractivity (Wildman–Crippen MR) is 94.9 cm³/mol. The predicted octanol–water partition coefficient (Wildman–Crippen LogP) is 4.26. The third-order valence-electron chi connectivity index (χ3n) is 5.04. The molecule has 0 amide bonds. The molecule has 0 radical (unpaired) electrons. The number of hydrogen-bond donors (Lipinski definition) is 2. The van der Waals surface area contributed by atoms with Crippen LogP contribution >= 0.6 is 0 Å². The van der Waals surface area contributed by atoms with E-state index in [-0.39, 0.29) is 5.41 Å². The summed E-state index contributed by atoms with van der Waals surface area (Å²) in [5.41, 5.74) is -0.856. The second-order valence-electron chi connectivity index (χ2n) is 9.33. The number of nitrogens with one attached hydrogen (secondary N) is 2. The fraction of sp³-hybridized carbons (Fsp3) is 1.00. The van der Waals surface area contributed by atoms with Crippen LogP contribution in [0.15, 0.2) is 0 Å². The highest BCUT2D eigenvalue weighted by Crippen LogP contribution is 2.45. The van der Waals surface area contributed by atoms with Crippen molar-refractivity contribution < 1.29 is 4.39 Å². The van der Waals surface area contributed by atoms with Crippen molar-refractivity contribution in [2.75, 3.05) is 26.2 Å². The van der Waals surface area contributed by atoms with Crippen LogP contribution < -0.4 is 10.6 Å². The van der Waals surface area contributed by atoms with E-state index < -0.39 is 5.67 Å². The van der Waals surface area contributed by atoms with Crippen molar-refractivity contribution in [3.05, 3.63) is 0 Å². The summed E-state index contributed by atoms with van der Waals surface area (Å²) in [4.78, 5) is 0. The van der Waals surface area contributed by atoms with Crippen LogP contribution in [-0.2, 0) is 0 Å². The molecule has 3 heteroatoms. The Morgan fingerprint density at radius 3 is 2.18 bits per heavy atom. The van der Waals surface area contributed by atoms with Crippen LogP contribution in [0.4, 0.5) is 4.39 Å². The van der Waals surface area contributed by atoms with E-state index >= 15 is 0 Å². The zero-order valence-electron chi connectivity index (χ0n) is 15.9. The van der Waals surface area contributed by atoms with Crippen LogP contribution in [0.2, 0.25) is 0 Å². The summed E-state index contributed by atoms with van der Waals surface area (Å²) in [6.07, 6.45) is 2.61. The Kier molecular flexibility index (Phi) is 7.32. The van der Waals surface area contributed by atoms with Gasteiger partial charge < -0.3 is 10.6 Å². The first-order valence-electron chi connectivity index (χ1n) is 9.10. The van der Waals surface area contributed by atoms with E-state index in [1.54, 1.807) is 13.8 Å². The maximum atomic E-state index is 13.5. The van der Waals surface area contributed by atoms with Gasteiger partial charge in [-0.1, -0.05) is 34.6 Å². The largest absolute Gasteiger partial charge is 0.316 e. The Morgan fingerprint density at radius 1 is 1.00 bits per heavy atom. The van der Waals surface area contributed by atoms with E-state index in [2.05, 4.69) is 45.3 Å². The fourth-order valence-corrected chi connectivity index (χ4v) is 3.02. The fourth-order valence-electron chi connectivity index (χ4n) is 3.02. The van der Waals surface area contributed by atoms with Gasteiger partial charge in [0.25, 0.3) is 0 Å². The number of rotatable bonds is 11. The molecule has 0 saturated heterocycles. The van der Waals surface area contributed by atoms with Crippen molar-refractivity contribution in [1.82, 2.24) is 10.6 Å². The second-order valence-corrected chi connectivity index (χ2v) is 9.33. The third-order valence-corrected chi connectivity index (χ3v) is 5.04. The minimum absolute atomic E-state index is 0.260. The molecule has 2 N–H and O–H groups in total. The summed E-state index contributed by atoms with van der Waals surface area (Å²) in [5, 5.41) is 6.94. The van der Waals surface area contributed by atoms with Crippen molar-refractivity contribution in [3.8, 4) is 0 Å². The minimum atomic E-state index is -1.12. The molecule has 1 aliphatic carbocycles. The molecule has 0 aromatic rings. The molecule has 0 aromatic heterocycles. The van der Waals surface area contributed by atoms with E-state index in [1.807, 2.05) is 0 Å². The first-order valence-corrected chi connectivity index (χ1v) is 9.10. The number of hydrogen-bond acceptors (Lipinski definition) is 2. The lowest BCUT2D eigenvalue weighted by Crippen LogP contribution is -2.37. The monoisotopic (exact) mass is 314 g/mol. The van der Waals surface area contributed by atoms with Gasteiger partial charge >= 0.3 is 0 Å². The molecule has 2 nitrogen and oxygen atoms in total. The second kappa shape index (κ2) is 8.10. The molecule has 0 aliphatic heterocycles. The lowest BCUT2D eigenvalue weighted by molar-refractivity contribution is 0.194. The van der Waals surface area contributed by atoms with Crippen molar-refractivity contribution in [2.24, 2.45) is 29.1 Å². The normalized spacial score (nSPS) is 23.9. The van der Waals surface area contributed by atoms with Gasteiger partial charge in [0.1, 0.15) is 5.67 Å². The van der Waals surface area contributed by atoms with Gasteiger partial charge in [0.2, 0.25) is 0 Å². The van der Waals surface area contributed by atoms with Gasteiger partial charge in [0.15, 0.2) is 0 Å². The molecule has 1 rings (SSSR count). The SMILES string of the molecule is CC(C)C(C)CNCC1CC1CC(C)(C)CNCC(C)(C)F. The number of halogens is 1. The van der Waals surface area contributed by atoms with E-state index in [4.69, 9.17) is 0 Å². The average molecular weight is 315 g/mol. The molecule has 22 heavy (non-hydrogen) atoms. The third kappa shape index (κ3) is 8.47. The van der Waals surface area contributed by atoms with Crippen LogP contribution in [0.5, 0.6) is 0 Å². The molecule has 3 atom stereocenters. The topological polar surface area (TPSA) is 24.1 Å². The van der Waals surface area contributed by atoms with Crippen LogP contribution in [0.1, 0.15) is 61.3 Å². The van der Waals surface area contributed by atoms with Crippen LogP contribution in [0, 0.1) is 29.1 Å². The standard InChI is InChI=1S/C19H39FN2/c1-14(2)15(3)10-21-11-17-8-16(17)9-18(4,5)12-22-13-19(6,7)20/h14-17,21-22H,8-13H2,1-7H3. The minimum Gasteiger partial charge on any atom is -0.316 e. The van der Waals surface area contributed by atoms with Crippen molar-refractivity contribution >= 4 is 0 Å². The maximum absolute atomic E-state index is 13.5. The molecular weight excluding hydrogens is 275 g/mol. The molecule has 1 aliphatic rings. The van der Waals surface area contributed by atoms with Crippen molar-refractivity contribution in [1.29, 1.82) is 0 Å². The lowest BCUT2D eigenvalue weighted by atomic mass is 9.86. The smallest absolute Gasteiger partial charge is 0.117 e. The summed E-state index contributed by atoms with van der Waals surface area (Å²) >= 11 is 0. The lowest BCUT2D eigenvalue weighted by Gasteiger charge is -2.27. The Morgan fingerprint density at radius 2 is 1.64 bits per heavy atom. The summed E-state index contributed by atoms with van der Waals surface area (Å²) in [6.45, 7) is 18.4. The highest BCUT2D eigenvalue weighted by Gasteiger charge is 2.40. The maximum Gasteiger partial charge on any atom is 0.117 e. The highest BCUT2D eigenvalue weighted by molar-refractivity contribution is 4.92. The van der Waals surface area contributed by atoms with Crippen LogP contribution in [0.25, 0.3) is 0 Å². The van der Waals surface area contributed by atoms with Gasteiger partial charge in [-0.15, -0.1) is 0 Å². The van der Waals surface area contributed by atoms with E-state index in [1.165, 1.54) is 19.4 Å². The van der Waals surface area contributed by atoms with Gasteiger partial charge in [-0.05, 0) is 68.9 Å². The Balaban J connectivity index is 2.15. The quantitative estimate of drug-likeness (QED) is 0.595. The van der Waals surface area contributed by atoms with Crippen molar-refractivity contribution in [3.63, 3.8) is 0 Å². The van der Waals surface area contributed by atoms with Gasteiger partial charge in [-0.25, -0.2) is 4.39 Å². The molecule has 0 spiro atoms. The Hall–Kier alpha value is -0.150. The Labute approximate surface area is 138 Å². The summed E-state index contributed by atoms with van der Waals surface area (Å²) < 4.78 is 13.5. The van der Waals surface area contributed by atoms with Gasteiger partial charge in [-0.2, -0.15) is 0 Å². The molecule has 132 valence electrons. The molecular formula is C19H39FN2. The molecule has 0 heterocycles. The summed E-state index contributed by atoms with van der Waals surface area (Å²) in [5.74, 6) is 3.22. The van der Waals surface area contributed by atoms with E-state index in [9.17, 15) is 4.39 Å². The first kappa shape index (κ1) is 19.9. The van der Waals surface area contributed by atoms with Gasteiger partial charge in [0.05, 0.1) is 0 Å². The van der Waals surface area contributed by atoms with Crippen LogP contribution in [0.3, 0.4) is 0 Å². The number of alkyl halides is 1. The van der Waals surface area contributed by atoms with Gasteiger partial charge in [0, 0.05) is 13.1 Å². The van der Waals surface area contributed by atoms with Crippen LogP contribution in [-0.4, -0.2) is 31.8 Å². The molecule has 0 bridgehead atoms. The molecule has 0 aromatic carbocycles. The van der Waals surface area contributed by atoms with Crippen molar-refractivity contribution in [2.45, 2.75) is 67.0 Å². The average Bonchev–Trinajstić information content (AvgIpc) is 3.03. The molecule has 3 unspecified atom stereocenters. The first-order chi connectivity index (χ1) is 10.0. The summed E-state index contributed by atoms with van der Waals surface area (Å²) in [7, 11) is 0. The Bertz CT molecular complexity index is 320. The molecule has 1 saturated carbocycles. The highest BCUT2D eigenvalue weighted by atomic mass is 19.1.